The first kappa shape index (κ1) is 13.4. The van der Waals surface area contributed by atoms with Gasteiger partial charge in [0.25, 0.3) is 0 Å². The van der Waals surface area contributed by atoms with E-state index in [0.717, 1.165) is 25.9 Å². The van der Waals surface area contributed by atoms with Gasteiger partial charge >= 0.3 is 0 Å². The average molecular weight is 199 g/mol. The second-order valence-electron chi connectivity index (χ2n) is 4.70. The van der Waals surface area contributed by atoms with Crippen LogP contribution in [0.1, 0.15) is 40.0 Å². The summed E-state index contributed by atoms with van der Waals surface area (Å²) < 4.78 is 0. The molecule has 14 heavy (non-hydrogen) atoms. The highest BCUT2D eigenvalue weighted by Gasteiger charge is 2.20. The van der Waals surface area contributed by atoms with E-state index in [-0.39, 0.29) is 5.41 Å². The van der Waals surface area contributed by atoms with Gasteiger partial charge in [-0.15, -0.1) is 0 Å². The molecule has 0 aliphatic heterocycles. The Hall–Kier alpha value is -0.570. The minimum atomic E-state index is -0.132. The molecule has 3 heteroatoms. The zero-order valence-corrected chi connectivity index (χ0v) is 10.1. The van der Waals surface area contributed by atoms with E-state index >= 15 is 0 Å². The van der Waals surface area contributed by atoms with Gasteiger partial charge < -0.3 is 10.6 Å². The maximum atomic E-state index is 7.43. The molecule has 0 saturated carbocycles. The van der Waals surface area contributed by atoms with Gasteiger partial charge in [0.05, 0.1) is 5.84 Å². The molecular formula is C11H25N3. The quantitative estimate of drug-likeness (QED) is 0.487. The Bertz CT molecular complexity index is 175. The van der Waals surface area contributed by atoms with Crippen LogP contribution in [0, 0.1) is 10.8 Å². The lowest BCUT2D eigenvalue weighted by Gasteiger charge is -2.24. The molecular weight excluding hydrogens is 174 g/mol. The molecule has 0 aliphatic carbocycles. The van der Waals surface area contributed by atoms with Crippen molar-refractivity contribution in [3.63, 3.8) is 0 Å². The Morgan fingerprint density at radius 2 is 1.93 bits per heavy atom. The van der Waals surface area contributed by atoms with Gasteiger partial charge in [0, 0.05) is 5.41 Å². The molecule has 0 radical (unpaired) electrons. The Morgan fingerprint density at radius 3 is 2.36 bits per heavy atom. The molecule has 0 fully saturated rings. The fourth-order valence-electron chi connectivity index (χ4n) is 1.42. The molecule has 0 unspecified atom stereocenters. The maximum Gasteiger partial charge on any atom is 0.0963 e. The zero-order valence-electron chi connectivity index (χ0n) is 10.1. The number of amidine groups is 1. The van der Waals surface area contributed by atoms with Gasteiger partial charge in [0.2, 0.25) is 0 Å². The summed E-state index contributed by atoms with van der Waals surface area (Å²) in [5, 5.41) is 7.43. The summed E-state index contributed by atoms with van der Waals surface area (Å²) in [7, 11) is 2.14. The first-order valence-electron chi connectivity index (χ1n) is 5.43. The van der Waals surface area contributed by atoms with Crippen LogP contribution in [0.2, 0.25) is 0 Å². The lowest BCUT2D eigenvalue weighted by atomic mass is 9.86. The van der Waals surface area contributed by atoms with Crippen LogP contribution in [0.5, 0.6) is 0 Å². The van der Waals surface area contributed by atoms with Crippen LogP contribution in [-0.2, 0) is 0 Å². The van der Waals surface area contributed by atoms with Gasteiger partial charge in [0.1, 0.15) is 0 Å². The van der Waals surface area contributed by atoms with Gasteiger partial charge in [-0.25, -0.2) is 0 Å². The molecule has 0 spiro atoms. The molecule has 0 aromatic rings. The Balaban J connectivity index is 3.68. The minimum Gasteiger partial charge on any atom is -0.387 e. The van der Waals surface area contributed by atoms with Gasteiger partial charge in [-0.1, -0.05) is 20.8 Å². The monoisotopic (exact) mass is 199 g/mol. The second-order valence-corrected chi connectivity index (χ2v) is 4.70. The van der Waals surface area contributed by atoms with Crippen molar-refractivity contribution in [2.24, 2.45) is 11.1 Å². The number of nitrogens with one attached hydrogen (secondary N) is 1. The maximum absolute atomic E-state index is 7.43. The van der Waals surface area contributed by atoms with Crippen molar-refractivity contribution >= 4 is 5.84 Å². The summed E-state index contributed by atoms with van der Waals surface area (Å²) in [5.74, 6) is 0.302. The summed E-state index contributed by atoms with van der Waals surface area (Å²) >= 11 is 0. The Labute approximate surface area is 88.2 Å². The molecule has 3 nitrogen and oxygen atoms in total. The van der Waals surface area contributed by atoms with E-state index in [2.05, 4.69) is 18.9 Å². The highest BCUT2D eigenvalue weighted by atomic mass is 15.1. The van der Waals surface area contributed by atoms with Gasteiger partial charge in [-0.05, 0) is 39.4 Å². The number of nitrogens with zero attached hydrogens (tertiary/aromatic N) is 1. The summed E-state index contributed by atoms with van der Waals surface area (Å²) in [6, 6.07) is 0. The van der Waals surface area contributed by atoms with Gasteiger partial charge in [-0.3, -0.25) is 5.41 Å². The lowest BCUT2D eigenvalue weighted by Crippen LogP contribution is -2.32. The van der Waals surface area contributed by atoms with Crippen molar-refractivity contribution in [1.82, 2.24) is 4.90 Å². The van der Waals surface area contributed by atoms with Crippen LogP contribution in [0.25, 0.3) is 0 Å². The Kier molecular flexibility index (Phi) is 5.77. The predicted molar refractivity (Wildman–Crippen MR) is 62.7 cm³/mol. The van der Waals surface area contributed by atoms with E-state index in [0.29, 0.717) is 5.84 Å². The highest BCUT2D eigenvalue weighted by molar-refractivity contribution is 5.82. The van der Waals surface area contributed by atoms with Gasteiger partial charge in [0.15, 0.2) is 0 Å². The first-order chi connectivity index (χ1) is 6.40. The van der Waals surface area contributed by atoms with Crippen molar-refractivity contribution in [2.75, 3.05) is 20.1 Å². The van der Waals surface area contributed by atoms with Crippen LogP contribution >= 0.6 is 0 Å². The van der Waals surface area contributed by atoms with E-state index < -0.39 is 0 Å². The molecule has 0 amide bonds. The van der Waals surface area contributed by atoms with Crippen molar-refractivity contribution in [3.05, 3.63) is 0 Å². The van der Waals surface area contributed by atoms with E-state index in [1.165, 1.54) is 6.42 Å². The molecule has 3 N–H and O–H groups in total. The fourth-order valence-corrected chi connectivity index (χ4v) is 1.42. The summed E-state index contributed by atoms with van der Waals surface area (Å²) in [5.41, 5.74) is 5.38. The molecule has 0 heterocycles. The molecule has 0 aromatic heterocycles. The summed E-state index contributed by atoms with van der Waals surface area (Å²) in [6.45, 7) is 8.52. The standard InChI is InChI=1S/C11H25N3/c1-5-8-14(4)9-6-7-11(2,3)10(12)13/h5-9H2,1-4H3,(H3,12,13). The summed E-state index contributed by atoms with van der Waals surface area (Å²) in [6.07, 6.45) is 3.31. The number of nitrogens with two attached hydrogens (primary N) is 1. The van der Waals surface area contributed by atoms with Crippen LogP contribution < -0.4 is 5.73 Å². The first-order valence-corrected chi connectivity index (χ1v) is 5.43. The predicted octanol–water partition coefficient (Wildman–Crippen LogP) is 2.07. The van der Waals surface area contributed by atoms with Crippen molar-refractivity contribution in [3.8, 4) is 0 Å². The van der Waals surface area contributed by atoms with E-state index in [1.54, 1.807) is 0 Å². The van der Waals surface area contributed by atoms with Crippen molar-refractivity contribution in [2.45, 2.75) is 40.0 Å². The van der Waals surface area contributed by atoms with Gasteiger partial charge in [-0.2, -0.15) is 0 Å². The third-order valence-electron chi connectivity index (χ3n) is 2.68. The normalized spacial score (nSPS) is 12.1. The molecule has 0 bridgehead atoms. The Morgan fingerprint density at radius 1 is 1.36 bits per heavy atom. The molecule has 84 valence electrons. The largest absolute Gasteiger partial charge is 0.387 e. The fraction of sp³-hybridized carbons (Fsp3) is 0.909. The average Bonchev–Trinajstić information content (AvgIpc) is 2.04. The third-order valence-corrected chi connectivity index (χ3v) is 2.68. The smallest absolute Gasteiger partial charge is 0.0963 e. The molecule has 0 aromatic carbocycles. The van der Waals surface area contributed by atoms with Crippen molar-refractivity contribution in [1.29, 1.82) is 5.41 Å². The van der Waals surface area contributed by atoms with Crippen LogP contribution in [0.3, 0.4) is 0 Å². The van der Waals surface area contributed by atoms with Crippen molar-refractivity contribution < 1.29 is 0 Å². The zero-order chi connectivity index (χ0) is 11.2. The van der Waals surface area contributed by atoms with Crippen LogP contribution in [0.4, 0.5) is 0 Å². The third kappa shape index (κ3) is 5.22. The molecule has 0 saturated heterocycles. The van der Waals surface area contributed by atoms with E-state index in [4.69, 9.17) is 11.1 Å². The minimum absolute atomic E-state index is 0.132. The lowest BCUT2D eigenvalue weighted by molar-refractivity contribution is 0.307. The van der Waals surface area contributed by atoms with E-state index in [9.17, 15) is 0 Å². The topological polar surface area (TPSA) is 53.1 Å². The molecule has 0 atom stereocenters. The SMILES string of the molecule is CCCN(C)CCCC(C)(C)C(=N)N. The van der Waals surface area contributed by atoms with E-state index in [1.807, 2.05) is 13.8 Å². The number of hydrogen-bond acceptors (Lipinski definition) is 2. The molecule has 0 rings (SSSR count). The highest BCUT2D eigenvalue weighted by Crippen LogP contribution is 2.21. The number of rotatable bonds is 7. The molecule has 0 aliphatic rings. The summed E-state index contributed by atoms with van der Waals surface area (Å²) in [4.78, 5) is 2.33. The van der Waals surface area contributed by atoms with Crippen LogP contribution in [0.15, 0.2) is 0 Å². The van der Waals surface area contributed by atoms with Crippen LogP contribution in [-0.4, -0.2) is 30.9 Å². The second kappa shape index (κ2) is 6.02. The number of hydrogen-bond donors (Lipinski definition) is 2.